The van der Waals surface area contributed by atoms with Gasteiger partial charge >= 0.3 is 6.03 Å². The molecule has 0 bridgehead atoms. The van der Waals surface area contributed by atoms with Gasteiger partial charge in [0.15, 0.2) is 12.1 Å². The Morgan fingerprint density at radius 2 is 1.83 bits per heavy atom. The number of anilines is 1. The Morgan fingerprint density at radius 3 is 2.45 bits per heavy atom. The molecule has 0 aliphatic rings. The first-order chi connectivity index (χ1) is 14.0. The maximum absolute atomic E-state index is 12.3. The zero-order valence-corrected chi connectivity index (χ0v) is 16.8. The van der Waals surface area contributed by atoms with Crippen molar-refractivity contribution in [2.75, 3.05) is 18.9 Å². The smallest absolute Gasteiger partial charge is 0.321 e. The van der Waals surface area contributed by atoms with Crippen LogP contribution in [-0.4, -0.2) is 46.6 Å². The van der Waals surface area contributed by atoms with E-state index in [-0.39, 0.29) is 18.1 Å². The molecule has 9 heteroatoms. The topological polar surface area (TPSA) is 84.3 Å². The number of hydrogen-bond acceptors (Lipinski definition) is 4. The number of aromatic nitrogens is 2. The largest absolute Gasteiger partial charge is 0.323 e. The number of nitrogens with one attached hydrogen (secondary N) is 1. The first-order valence-corrected chi connectivity index (χ1v) is 9.26. The molecule has 1 aromatic heterocycles. The van der Waals surface area contributed by atoms with Gasteiger partial charge in [-0.3, -0.25) is 14.7 Å². The number of nitrogens with zero attached hydrogens (tertiary/aromatic N) is 3. The van der Waals surface area contributed by atoms with E-state index in [1.807, 2.05) is 0 Å². The lowest BCUT2D eigenvalue weighted by Gasteiger charge is -2.14. The van der Waals surface area contributed by atoms with Crippen LogP contribution >= 0.6 is 23.2 Å². The number of carbonyl (C=O) groups excluding carboxylic acids is 3. The molecule has 1 heterocycles. The van der Waals surface area contributed by atoms with Crippen LogP contribution in [-0.2, 0) is 4.79 Å². The zero-order valence-electron chi connectivity index (χ0n) is 15.3. The molecule has 0 unspecified atom stereocenters. The second kappa shape index (κ2) is 8.89. The average molecular weight is 431 g/mol. The van der Waals surface area contributed by atoms with Crippen molar-refractivity contribution >= 4 is 47.6 Å². The van der Waals surface area contributed by atoms with Gasteiger partial charge in [0.05, 0.1) is 11.6 Å². The molecule has 0 fully saturated rings. The van der Waals surface area contributed by atoms with Gasteiger partial charge in [0.1, 0.15) is 17.8 Å². The molecule has 0 aliphatic carbocycles. The highest BCUT2D eigenvalue weighted by atomic mass is 35.5. The number of carbonyl (C=O) groups is 3. The van der Waals surface area contributed by atoms with Crippen molar-refractivity contribution in [3.8, 4) is 17.1 Å². The predicted molar refractivity (Wildman–Crippen MR) is 112 cm³/mol. The molecule has 29 heavy (non-hydrogen) atoms. The number of imidazole rings is 1. The van der Waals surface area contributed by atoms with Crippen molar-refractivity contribution < 1.29 is 14.4 Å². The van der Waals surface area contributed by atoms with Crippen molar-refractivity contribution in [1.29, 1.82) is 0 Å². The molecule has 0 aliphatic heterocycles. The number of rotatable bonds is 6. The number of hydrogen-bond donors (Lipinski definition) is 1. The number of amides is 2. The van der Waals surface area contributed by atoms with E-state index in [2.05, 4.69) is 10.3 Å². The van der Waals surface area contributed by atoms with Gasteiger partial charge in [-0.25, -0.2) is 9.78 Å². The fraction of sp³-hybridized carbons (Fsp3) is 0.100. The molecular weight excluding hydrogens is 415 g/mol. The van der Waals surface area contributed by atoms with Crippen LogP contribution in [0.3, 0.4) is 0 Å². The molecule has 1 N–H and O–H groups in total. The third-order valence-corrected chi connectivity index (χ3v) is 4.73. The van der Waals surface area contributed by atoms with E-state index in [0.717, 1.165) is 4.90 Å². The molecule has 0 radical (unpaired) electrons. The molecule has 148 valence electrons. The van der Waals surface area contributed by atoms with Gasteiger partial charge in [0, 0.05) is 23.3 Å². The summed E-state index contributed by atoms with van der Waals surface area (Å²) in [7, 11) is 1.45. The summed E-state index contributed by atoms with van der Waals surface area (Å²) in [6.07, 6.45) is 1.19. The van der Waals surface area contributed by atoms with Gasteiger partial charge in [-0.1, -0.05) is 35.3 Å². The van der Waals surface area contributed by atoms with Crippen molar-refractivity contribution in [3.63, 3.8) is 0 Å². The average Bonchev–Trinajstić information content (AvgIpc) is 3.07. The maximum atomic E-state index is 12.3. The van der Waals surface area contributed by atoms with Gasteiger partial charge in [0.25, 0.3) is 0 Å². The van der Waals surface area contributed by atoms with Gasteiger partial charge in [0.2, 0.25) is 0 Å². The molecule has 2 amide bonds. The normalized spacial score (nSPS) is 10.4. The van der Waals surface area contributed by atoms with Crippen LogP contribution in [0.15, 0.2) is 48.5 Å². The first kappa shape index (κ1) is 20.6. The predicted octanol–water partition coefficient (Wildman–Crippen LogP) is 4.32. The lowest BCUT2D eigenvalue weighted by Crippen LogP contribution is -2.33. The SMILES string of the molecule is CN(CC=O)C(=O)Nc1nc(-c2ccccc2Cl)n(-c2ccc(Cl)cc2)c1C=O. The molecule has 0 saturated carbocycles. The second-order valence-corrected chi connectivity index (χ2v) is 6.90. The molecule has 3 aromatic rings. The summed E-state index contributed by atoms with van der Waals surface area (Å²) in [4.78, 5) is 40.6. The monoisotopic (exact) mass is 430 g/mol. The minimum absolute atomic E-state index is 0.0487. The minimum atomic E-state index is -0.577. The van der Waals surface area contributed by atoms with Crippen molar-refractivity contribution in [3.05, 3.63) is 64.3 Å². The van der Waals surface area contributed by atoms with Crippen molar-refractivity contribution in [2.24, 2.45) is 0 Å². The van der Waals surface area contributed by atoms with Crippen molar-refractivity contribution in [2.45, 2.75) is 0 Å². The Morgan fingerprint density at radius 1 is 1.14 bits per heavy atom. The highest BCUT2D eigenvalue weighted by Crippen LogP contribution is 2.33. The minimum Gasteiger partial charge on any atom is -0.321 e. The number of benzene rings is 2. The van der Waals surface area contributed by atoms with E-state index < -0.39 is 6.03 Å². The van der Waals surface area contributed by atoms with Crippen LogP contribution in [0.4, 0.5) is 10.6 Å². The second-order valence-electron chi connectivity index (χ2n) is 6.06. The number of likely N-dealkylation sites (N-methyl/N-ethyl adjacent to an activating group) is 1. The highest BCUT2D eigenvalue weighted by Gasteiger charge is 2.23. The van der Waals surface area contributed by atoms with Crippen LogP contribution in [0.2, 0.25) is 10.0 Å². The van der Waals surface area contributed by atoms with E-state index in [1.54, 1.807) is 53.1 Å². The zero-order chi connectivity index (χ0) is 21.0. The summed E-state index contributed by atoms with van der Waals surface area (Å²) in [6.45, 7) is -0.0997. The molecular formula is C20H16Cl2N4O3. The molecule has 7 nitrogen and oxygen atoms in total. The summed E-state index contributed by atoms with van der Waals surface area (Å²) in [5, 5.41) is 3.54. The van der Waals surface area contributed by atoms with E-state index in [4.69, 9.17) is 23.2 Å². The Labute approximate surface area is 176 Å². The van der Waals surface area contributed by atoms with Crippen LogP contribution in [0, 0.1) is 0 Å². The van der Waals surface area contributed by atoms with Gasteiger partial charge in [-0.15, -0.1) is 0 Å². The summed E-state index contributed by atoms with van der Waals surface area (Å²) in [6, 6.07) is 13.3. The van der Waals surface area contributed by atoms with Gasteiger partial charge in [-0.05, 0) is 36.4 Å². The van der Waals surface area contributed by atoms with Crippen molar-refractivity contribution in [1.82, 2.24) is 14.5 Å². The Kier molecular flexibility index (Phi) is 6.31. The van der Waals surface area contributed by atoms with Crippen LogP contribution in [0.5, 0.6) is 0 Å². The summed E-state index contributed by atoms with van der Waals surface area (Å²) < 4.78 is 1.58. The Bertz CT molecular complexity index is 1060. The third kappa shape index (κ3) is 4.31. The number of urea groups is 1. The molecule has 3 rings (SSSR count). The number of aldehydes is 2. The lowest BCUT2D eigenvalue weighted by atomic mass is 10.2. The van der Waals surface area contributed by atoms with Gasteiger partial charge < -0.3 is 9.69 Å². The standard InChI is InChI=1S/C20H16Cl2N4O3/c1-25(10-11-27)20(29)24-18-17(12-28)26(14-8-6-13(21)7-9-14)19(23-18)15-4-2-3-5-16(15)22/h2-9,11-12H,10H2,1H3,(H,24,29). The molecule has 2 aromatic carbocycles. The fourth-order valence-corrected chi connectivity index (χ4v) is 3.05. The van der Waals surface area contributed by atoms with E-state index in [0.29, 0.717) is 39.7 Å². The molecule has 0 saturated heterocycles. The van der Waals surface area contributed by atoms with E-state index >= 15 is 0 Å². The fourth-order valence-electron chi connectivity index (χ4n) is 2.70. The highest BCUT2D eigenvalue weighted by molar-refractivity contribution is 6.33. The summed E-state index contributed by atoms with van der Waals surface area (Å²) in [5.74, 6) is 0.418. The molecule has 0 spiro atoms. The van der Waals surface area contributed by atoms with E-state index in [1.165, 1.54) is 7.05 Å². The maximum Gasteiger partial charge on any atom is 0.323 e. The van der Waals surface area contributed by atoms with Gasteiger partial charge in [-0.2, -0.15) is 0 Å². The van der Waals surface area contributed by atoms with Crippen LogP contribution < -0.4 is 5.32 Å². The Hall–Kier alpha value is -3.16. The number of halogens is 2. The summed E-state index contributed by atoms with van der Waals surface area (Å²) >= 11 is 12.3. The first-order valence-electron chi connectivity index (χ1n) is 8.50. The quantitative estimate of drug-likeness (QED) is 0.590. The third-order valence-electron chi connectivity index (χ3n) is 4.14. The Balaban J connectivity index is 2.18. The van der Waals surface area contributed by atoms with E-state index in [9.17, 15) is 14.4 Å². The lowest BCUT2D eigenvalue weighted by molar-refractivity contribution is -0.108. The summed E-state index contributed by atoms with van der Waals surface area (Å²) in [5.41, 5.74) is 1.31. The van der Waals surface area contributed by atoms with Crippen LogP contribution in [0.25, 0.3) is 17.1 Å². The molecule has 0 atom stereocenters. The van der Waals surface area contributed by atoms with Crippen LogP contribution in [0.1, 0.15) is 10.5 Å².